The number of likely N-dealkylation sites (N-methyl/N-ethyl adjacent to an activating group) is 1. The lowest BCUT2D eigenvalue weighted by Gasteiger charge is -2.29. The van der Waals surface area contributed by atoms with Gasteiger partial charge in [0.2, 0.25) is 5.91 Å². The third-order valence-corrected chi connectivity index (χ3v) is 5.42. The summed E-state index contributed by atoms with van der Waals surface area (Å²) in [6, 6.07) is -1.12. The van der Waals surface area contributed by atoms with Crippen LogP contribution >= 0.6 is 11.5 Å². The van der Waals surface area contributed by atoms with Crippen molar-refractivity contribution in [3.8, 4) is 0 Å². The molecule has 0 unspecified atom stereocenters. The van der Waals surface area contributed by atoms with Crippen molar-refractivity contribution in [3.05, 3.63) is 16.4 Å². The van der Waals surface area contributed by atoms with Gasteiger partial charge in [-0.25, -0.2) is 4.79 Å². The Morgan fingerprint density at radius 3 is 2.31 bits per heavy atom. The number of carbonyl (C=O) groups is 2. The monoisotopic (exact) mass is 382 g/mol. The molecule has 1 atom stereocenters. The van der Waals surface area contributed by atoms with Gasteiger partial charge in [-0.05, 0) is 50.6 Å². The highest BCUT2D eigenvalue weighted by Gasteiger charge is 2.32. The van der Waals surface area contributed by atoms with Crippen LogP contribution in [0.2, 0.25) is 0 Å². The first-order valence-corrected chi connectivity index (χ1v) is 9.96. The van der Waals surface area contributed by atoms with Crippen LogP contribution in [-0.4, -0.2) is 29.0 Å². The predicted molar refractivity (Wildman–Crippen MR) is 107 cm³/mol. The number of hydrogen-bond acceptors (Lipinski definition) is 3. The van der Waals surface area contributed by atoms with E-state index in [4.69, 9.17) is 0 Å². The summed E-state index contributed by atoms with van der Waals surface area (Å²) in [6.45, 7) is 14.3. The first-order valence-electron chi connectivity index (χ1n) is 9.19. The van der Waals surface area contributed by atoms with E-state index < -0.39 is 17.5 Å². The molecule has 0 fully saturated rings. The summed E-state index contributed by atoms with van der Waals surface area (Å²) in [5, 5.41) is 5.37. The molecule has 26 heavy (non-hydrogen) atoms. The van der Waals surface area contributed by atoms with E-state index in [-0.39, 0.29) is 11.4 Å². The predicted octanol–water partition coefficient (Wildman–Crippen LogP) is 3.42. The molecule has 0 aliphatic rings. The SMILES string of the molecule is CCCCc1cn(C(C)(C)C)sc1=NC(=O)N[C@H](C(=O)NC)C(C)(C)C. The molecule has 148 valence electrons. The molecule has 0 aliphatic carbocycles. The summed E-state index contributed by atoms with van der Waals surface area (Å²) < 4.78 is 2.85. The Hall–Kier alpha value is -1.63. The van der Waals surface area contributed by atoms with Crippen molar-refractivity contribution in [2.24, 2.45) is 10.4 Å². The lowest BCUT2D eigenvalue weighted by atomic mass is 9.86. The Morgan fingerprint density at radius 1 is 1.23 bits per heavy atom. The Bertz CT molecular complexity index is 690. The minimum absolute atomic E-state index is 0.0636. The van der Waals surface area contributed by atoms with Crippen LogP contribution in [0, 0.1) is 5.41 Å². The number of urea groups is 1. The highest BCUT2D eigenvalue weighted by Crippen LogP contribution is 2.20. The van der Waals surface area contributed by atoms with Crippen LogP contribution in [0.15, 0.2) is 11.2 Å². The molecule has 3 amide bonds. The number of nitrogens with one attached hydrogen (secondary N) is 2. The molecule has 0 radical (unpaired) electrons. The van der Waals surface area contributed by atoms with E-state index in [1.54, 1.807) is 7.05 Å². The molecule has 2 N–H and O–H groups in total. The van der Waals surface area contributed by atoms with Gasteiger partial charge in [-0.2, -0.15) is 4.99 Å². The highest BCUT2D eigenvalue weighted by molar-refractivity contribution is 7.04. The zero-order chi connectivity index (χ0) is 20.1. The molecule has 1 heterocycles. The Labute approximate surface area is 161 Å². The summed E-state index contributed by atoms with van der Waals surface area (Å²) in [7, 11) is 1.57. The highest BCUT2D eigenvalue weighted by atomic mass is 32.1. The van der Waals surface area contributed by atoms with Crippen molar-refractivity contribution in [2.45, 2.75) is 79.3 Å². The summed E-state index contributed by atoms with van der Waals surface area (Å²) >= 11 is 1.48. The van der Waals surface area contributed by atoms with Crippen LogP contribution in [-0.2, 0) is 16.8 Å². The van der Waals surface area contributed by atoms with E-state index >= 15 is 0 Å². The van der Waals surface area contributed by atoms with Gasteiger partial charge >= 0.3 is 6.03 Å². The Balaban J connectivity index is 3.18. The van der Waals surface area contributed by atoms with Crippen LogP contribution in [0.4, 0.5) is 4.79 Å². The van der Waals surface area contributed by atoms with Gasteiger partial charge in [-0.3, -0.25) is 8.75 Å². The lowest BCUT2D eigenvalue weighted by molar-refractivity contribution is -0.124. The standard InChI is InChI=1S/C19H34N4O2S/c1-9-10-11-13-12-23(19(5,6)7)26-16(13)22-17(25)21-14(15(24)20-8)18(2,3)4/h12,14H,9-11H2,1-8H3,(H,20,24)(H,21,25)/t14-/m1/s1. The molecular formula is C19H34N4O2S. The second-order valence-corrected chi connectivity index (χ2v) is 9.59. The first-order chi connectivity index (χ1) is 11.9. The minimum atomic E-state index is -0.641. The Kier molecular flexibility index (Phi) is 7.62. The van der Waals surface area contributed by atoms with E-state index in [1.165, 1.54) is 11.5 Å². The zero-order valence-corrected chi connectivity index (χ0v) is 18.2. The number of aromatic nitrogens is 1. The Morgan fingerprint density at radius 2 is 1.85 bits per heavy atom. The third-order valence-electron chi connectivity index (χ3n) is 4.04. The number of unbranched alkanes of at least 4 members (excludes halogenated alkanes) is 1. The topological polar surface area (TPSA) is 75.5 Å². The lowest BCUT2D eigenvalue weighted by Crippen LogP contribution is -2.52. The van der Waals surface area contributed by atoms with Gasteiger partial charge in [-0.15, -0.1) is 0 Å². The molecule has 1 aromatic rings. The minimum Gasteiger partial charge on any atom is -0.357 e. The van der Waals surface area contributed by atoms with Crippen LogP contribution in [0.25, 0.3) is 0 Å². The van der Waals surface area contributed by atoms with E-state index in [1.807, 2.05) is 20.8 Å². The fourth-order valence-electron chi connectivity index (χ4n) is 2.40. The molecule has 0 spiro atoms. The van der Waals surface area contributed by atoms with E-state index in [0.29, 0.717) is 0 Å². The summed E-state index contributed by atoms with van der Waals surface area (Å²) in [6.07, 6.45) is 5.11. The van der Waals surface area contributed by atoms with Crippen LogP contribution < -0.4 is 15.3 Å². The maximum Gasteiger partial charge on any atom is 0.343 e. The van der Waals surface area contributed by atoms with Gasteiger partial charge in [-0.1, -0.05) is 34.1 Å². The second kappa shape index (κ2) is 8.84. The molecular weight excluding hydrogens is 348 g/mol. The quantitative estimate of drug-likeness (QED) is 0.819. The number of nitrogens with zero attached hydrogens (tertiary/aromatic N) is 2. The molecule has 7 heteroatoms. The summed E-state index contributed by atoms with van der Waals surface area (Å²) in [4.78, 5) is 28.9. The van der Waals surface area contributed by atoms with Crippen molar-refractivity contribution in [2.75, 3.05) is 7.05 Å². The maximum absolute atomic E-state index is 12.5. The number of hydrogen-bond donors (Lipinski definition) is 2. The fraction of sp³-hybridized carbons (Fsp3) is 0.737. The smallest absolute Gasteiger partial charge is 0.343 e. The van der Waals surface area contributed by atoms with E-state index in [9.17, 15) is 9.59 Å². The molecule has 0 saturated carbocycles. The van der Waals surface area contributed by atoms with Gasteiger partial charge in [0, 0.05) is 24.3 Å². The summed E-state index contributed by atoms with van der Waals surface area (Å²) in [5.41, 5.74) is 0.609. The number of amides is 3. The fourth-order valence-corrected chi connectivity index (χ4v) is 3.44. The van der Waals surface area contributed by atoms with Gasteiger partial charge in [0.25, 0.3) is 0 Å². The van der Waals surface area contributed by atoms with Crippen LogP contribution in [0.1, 0.15) is 66.9 Å². The van der Waals surface area contributed by atoms with Crippen molar-refractivity contribution in [1.29, 1.82) is 0 Å². The molecule has 1 rings (SSSR count). The average molecular weight is 383 g/mol. The molecule has 0 saturated heterocycles. The molecule has 0 aromatic carbocycles. The first kappa shape index (κ1) is 22.4. The number of carbonyl (C=O) groups excluding carboxylic acids is 2. The number of rotatable bonds is 5. The molecule has 6 nitrogen and oxygen atoms in total. The van der Waals surface area contributed by atoms with Crippen molar-refractivity contribution < 1.29 is 9.59 Å². The van der Waals surface area contributed by atoms with Gasteiger partial charge in [0.15, 0.2) is 0 Å². The van der Waals surface area contributed by atoms with E-state index in [2.05, 4.69) is 53.5 Å². The van der Waals surface area contributed by atoms with Crippen LogP contribution in [0.5, 0.6) is 0 Å². The largest absolute Gasteiger partial charge is 0.357 e. The van der Waals surface area contributed by atoms with Gasteiger partial charge < -0.3 is 10.6 Å². The molecule has 1 aromatic heterocycles. The molecule has 0 bridgehead atoms. The molecule has 0 aliphatic heterocycles. The van der Waals surface area contributed by atoms with E-state index in [0.717, 1.165) is 29.5 Å². The third kappa shape index (κ3) is 6.27. The number of aryl methyl sites for hydroxylation is 1. The summed E-state index contributed by atoms with van der Waals surface area (Å²) in [5.74, 6) is -0.219. The zero-order valence-electron chi connectivity index (χ0n) is 17.4. The normalized spacial score (nSPS) is 14.2. The van der Waals surface area contributed by atoms with Gasteiger partial charge in [0.1, 0.15) is 10.7 Å². The van der Waals surface area contributed by atoms with Crippen molar-refractivity contribution >= 4 is 23.5 Å². The average Bonchev–Trinajstić information content (AvgIpc) is 2.91. The van der Waals surface area contributed by atoms with Crippen molar-refractivity contribution in [3.63, 3.8) is 0 Å². The van der Waals surface area contributed by atoms with Crippen LogP contribution in [0.3, 0.4) is 0 Å². The maximum atomic E-state index is 12.5. The van der Waals surface area contributed by atoms with Crippen molar-refractivity contribution in [1.82, 2.24) is 14.6 Å². The van der Waals surface area contributed by atoms with Gasteiger partial charge in [0.05, 0.1) is 0 Å². The second-order valence-electron chi connectivity index (χ2n) is 8.63.